The Hall–Kier alpha value is -0.680. The summed E-state index contributed by atoms with van der Waals surface area (Å²) in [5.41, 5.74) is 1.97. The van der Waals surface area contributed by atoms with Crippen LogP contribution in [0.4, 0.5) is 0 Å². The van der Waals surface area contributed by atoms with Gasteiger partial charge in [-0.25, -0.2) is 0 Å². The van der Waals surface area contributed by atoms with E-state index in [1.165, 1.54) is 0 Å². The van der Waals surface area contributed by atoms with Crippen molar-refractivity contribution >= 4 is 21.7 Å². The average Bonchev–Trinajstić information content (AvgIpc) is 2.57. The molecule has 1 rings (SSSR count). The Balaban J connectivity index is 2.62. The summed E-state index contributed by atoms with van der Waals surface area (Å²) in [6.45, 7) is 2.69. The van der Waals surface area contributed by atoms with Crippen LogP contribution in [0.1, 0.15) is 31.2 Å². The normalized spacial score (nSPS) is 10.8. The molecule has 0 atom stereocenters. The number of Topliss-reactive ketones (excluding diaryl/α,β-unsaturated/α-hetero) is 1. The number of ketones is 1. The fraction of sp³-hybridized carbons (Fsp3) is 0.667. The first-order valence-corrected chi connectivity index (χ1v) is 6.60. The Morgan fingerprint density at radius 3 is 2.76 bits per heavy atom. The predicted octanol–water partition coefficient (Wildman–Crippen LogP) is 2.28. The summed E-state index contributed by atoms with van der Waals surface area (Å²) in [6.07, 6.45) is 2.65. The second kappa shape index (κ2) is 6.91. The maximum absolute atomic E-state index is 11.8. The minimum absolute atomic E-state index is 0.230. The lowest BCUT2D eigenvalue weighted by molar-refractivity contribution is -0.118. The van der Waals surface area contributed by atoms with Gasteiger partial charge in [0.05, 0.1) is 15.9 Å². The number of carbonyl (C=O) groups excluding carboxylic acids is 1. The van der Waals surface area contributed by atoms with Gasteiger partial charge in [-0.15, -0.1) is 0 Å². The van der Waals surface area contributed by atoms with Crippen molar-refractivity contribution in [2.75, 3.05) is 13.7 Å². The predicted molar refractivity (Wildman–Crippen MR) is 70.1 cm³/mol. The van der Waals surface area contributed by atoms with E-state index in [-0.39, 0.29) is 5.78 Å². The van der Waals surface area contributed by atoms with E-state index in [0.29, 0.717) is 19.4 Å². The molecule has 0 unspecified atom stereocenters. The molecule has 0 aliphatic rings. The Bertz CT molecular complexity index is 388. The molecule has 0 bridgehead atoms. The summed E-state index contributed by atoms with van der Waals surface area (Å²) in [5.74, 6) is 0.230. The monoisotopic (exact) mass is 302 g/mol. The lowest BCUT2D eigenvalue weighted by Crippen LogP contribution is -2.08. The minimum Gasteiger partial charge on any atom is -0.385 e. The molecular formula is C12H19BrN2O2. The molecule has 0 saturated carbocycles. The highest BCUT2D eigenvalue weighted by molar-refractivity contribution is 9.10. The highest BCUT2D eigenvalue weighted by atomic mass is 79.9. The molecule has 96 valence electrons. The first kappa shape index (κ1) is 14.4. The van der Waals surface area contributed by atoms with Crippen LogP contribution < -0.4 is 0 Å². The largest absolute Gasteiger partial charge is 0.385 e. The number of hydrogen-bond donors (Lipinski definition) is 0. The fourth-order valence-corrected chi connectivity index (χ4v) is 2.46. The molecule has 0 spiro atoms. The van der Waals surface area contributed by atoms with Crippen LogP contribution >= 0.6 is 15.9 Å². The van der Waals surface area contributed by atoms with Gasteiger partial charge in [-0.3, -0.25) is 9.48 Å². The van der Waals surface area contributed by atoms with Crippen LogP contribution in [0.3, 0.4) is 0 Å². The highest BCUT2D eigenvalue weighted by Gasteiger charge is 2.15. The minimum atomic E-state index is 0.230. The van der Waals surface area contributed by atoms with Crippen LogP contribution in [-0.4, -0.2) is 29.3 Å². The average molecular weight is 303 g/mol. The van der Waals surface area contributed by atoms with Crippen LogP contribution in [-0.2, 0) is 29.4 Å². The third kappa shape index (κ3) is 3.92. The van der Waals surface area contributed by atoms with E-state index < -0.39 is 0 Å². The zero-order chi connectivity index (χ0) is 12.8. The van der Waals surface area contributed by atoms with E-state index in [9.17, 15) is 4.79 Å². The van der Waals surface area contributed by atoms with Gasteiger partial charge in [-0.05, 0) is 28.8 Å². The smallest absolute Gasteiger partial charge is 0.138 e. The first-order valence-electron chi connectivity index (χ1n) is 5.81. The molecule has 17 heavy (non-hydrogen) atoms. The van der Waals surface area contributed by atoms with Crippen molar-refractivity contribution in [3.8, 4) is 0 Å². The summed E-state index contributed by atoms with van der Waals surface area (Å²) < 4.78 is 7.70. The Morgan fingerprint density at radius 2 is 2.24 bits per heavy atom. The lowest BCUT2D eigenvalue weighted by atomic mass is 10.1. The zero-order valence-electron chi connectivity index (χ0n) is 10.6. The van der Waals surface area contributed by atoms with Gasteiger partial charge in [0.1, 0.15) is 5.78 Å². The Kier molecular flexibility index (Phi) is 5.85. The molecule has 0 aromatic carbocycles. The molecule has 5 heteroatoms. The second-order valence-corrected chi connectivity index (χ2v) is 4.79. The van der Waals surface area contributed by atoms with Crippen molar-refractivity contribution in [1.29, 1.82) is 0 Å². The number of methoxy groups -OCH3 is 1. The standard InChI is InChI=1S/C12H19BrN2O2/c1-4-10-12(13)11(15(2)14-10)8-9(16)6-5-7-17-3/h4-8H2,1-3H3. The summed E-state index contributed by atoms with van der Waals surface area (Å²) >= 11 is 3.51. The number of halogens is 1. The van der Waals surface area contributed by atoms with Crippen LogP contribution in [0.5, 0.6) is 0 Å². The van der Waals surface area contributed by atoms with Crippen molar-refractivity contribution in [3.63, 3.8) is 0 Å². The molecule has 1 heterocycles. The summed E-state index contributed by atoms with van der Waals surface area (Å²) in [7, 11) is 3.53. The molecule has 0 saturated heterocycles. The molecule has 0 amide bonds. The van der Waals surface area contributed by atoms with E-state index in [1.807, 2.05) is 7.05 Å². The van der Waals surface area contributed by atoms with Gasteiger partial charge in [0, 0.05) is 33.6 Å². The van der Waals surface area contributed by atoms with Gasteiger partial charge in [0.15, 0.2) is 0 Å². The Labute approximate surface area is 110 Å². The van der Waals surface area contributed by atoms with Crippen molar-refractivity contribution in [2.24, 2.45) is 7.05 Å². The number of carbonyl (C=O) groups is 1. The number of aryl methyl sites for hydroxylation is 2. The number of rotatable bonds is 7. The van der Waals surface area contributed by atoms with Gasteiger partial charge in [-0.2, -0.15) is 5.10 Å². The SMILES string of the molecule is CCc1nn(C)c(CC(=O)CCCOC)c1Br. The van der Waals surface area contributed by atoms with E-state index in [0.717, 1.165) is 28.7 Å². The molecule has 0 N–H and O–H groups in total. The van der Waals surface area contributed by atoms with Gasteiger partial charge in [0.2, 0.25) is 0 Å². The van der Waals surface area contributed by atoms with Crippen molar-refractivity contribution in [2.45, 2.75) is 32.6 Å². The molecule has 0 aliphatic heterocycles. The summed E-state index contributed by atoms with van der Waals surface area (Å²) in [5, 5.41) is 4.37. The number of nitrogens with zero attached hydrogens (tertiary/aromatic N) is 2. The van der Waals surface area contributed by atoms with Crippen molar-refractivity contribution in [1.82, 2.24) is 9.78 Å². The molecule has 0 aliphatic carbocycles. The topological polar surface area (TPSA) is 44.1 Å². The van der Waals surface area contributed by atoms with Crippen LogP contribution in [0.15, 0.2) is 4.47 Å². The van der Waals surface area contributed by atoms with E-state index in [1.54, 1.807) is 11.8 Å². The van der Waals surface area contributed by atoms with Gasteiger partial charge in [0.25, 0.3) is 0 Å². The summed E-state index contributed by atoms with van der Waals surface area (Å²) in [6, 6.07) is 0. The number of ether oxygens (including phenoxy) is 1. The van der Waals surface area contributed by atoms with E-state index in [2.05, 4.69) is 28.0 Å². The van der Waals surface area contributed by atoms with Gasteiger partial charge >= 0.3 is 0 Å². The number of aromatic nitrogens is 2. The maximum atomic E-state index is 11.8. The summed E-state index contributed by atoms with van der Waals surface area (Å²) in [4.78, 5) is 11.8. The van der Waals surface area contributed by atoms with E-state index >= 15 is 0 Å². The Morgan fingerprint density at radius 1 is 1.53 bits per heavy atom. The zero-order valence-corrected chi connectivity index (χ0v) is 12.2. The molecule has 1 aromatic heterocycles. The molecule has 4 nitrogen and oxygen atoms in total. The quantitative estimate of drug-likeness (QED) is 0.726. The number of hydrogen-bond acceptors (Lipinski definition) is 3. The highest BCUT2D eigenvalue weighted by Crippen LogP contribution is 2.22. The first-order chi connectivity index (χ1) is 8.10. The van der Waals surface area contributed by atoms with Crippen molar-refractivity contribution in [3.05, 3.63) is 15.9 Å². The molecular weight excluding hydrogens is 284 g/mol. The third-order valence-corrected chi connectivity index (χ3v) is 3.59. The molecule has 1 aromatic rings. The van der Waals surface area contributed by atoms with Crippen LogP contribution in [0, 0.1) is 0 Å². The fourth-order valence-electron chi connectivity index (χ4n) is 1.70. The van der Waals surface area contributed by atoms with Crippen molar-refractivity contribution < 1.29 is 9.53 Å². The van der Waals surface area contributed by atoms with Gasteiger partial charge in [-0.1, -0.05) is 6.92 Å². The third-order valence-electron chi connectivity index (χ3n) is 2.67. The van der Waals surface area contributed by atoms with Gasteiger partial charge < -0.3 is 4.74 Å². The lowest BCUT2D eigenvalue weighted by Gasteiger charge is -2.02. The molecule has 0 radical (unpaired) electrons. The molecule has 0 fully saturated rings. The second-order valence-electron chi connectivity index (χ2n) is 4.00. The van der Waals surface area contributed by atoms with Crippen LogP contribution in [0.25, 0.3) is 0 Å². The van der Waals surface area contributed by atoms with Crippen LogP contribution in [0.2, 0.25) is 0 Å². The van der Waals surface area contributed by atoms with E-state index in [4.69, 9.17) is 4.74 Å². The maximum Gasteiger partial charge on any atom is 0.138 e.